The third kappa shape index (κ3) is 9.31. The predicted octanol–water partition coefficient (Wildman–Crippen LogP) is -8.38. The maximum absolute atomic E-state index is 12.8. The SMILES string of the molecule is NCC[C@H](O)C(=O)C[C@@H]1C[C@H](N)C(O[C@H]2O[C@H](CNCC(O)CO)[C@@H](O)[C@H](O)[C@H]2N)[C@H](O)[C@H]1O[C@H]1O[C@H](CO)[C@@H](O)[C@H](N)[C@H]1O. The minimum absolute atomic E-state index is 0.00708. The summed E-state index contributed by atoms with van der Waals surface area (Å²) in [6, 6.07) is -3.59. The lowest BCUT2D eigenvalue weighted by molar-refractivity contribution is -0.323. The van der Waals surface area contributed by atoms with Crippen molar-refractivity contribution in [3.63, 3.8) is 0 Å². The van der Waals surface area contributed by atoms with E-state index in [1.165, 1.54) is 0 Å². The maximum atomic E-state index is 12.8. The van der Waals surface area contributed by atoms with Crippen LogP contribution in [0, 0.1) is 5.92 Å². The Morgan fingerprint density at radius 2 is 1.49 bits per heavy atom. The van der Waals surface area contributed by atoms with Crippen LogP contribution < -0.4 is 28.3 Å². The molecule has 0 radical (unpaired) electrons. The number of carbonyl (C=O) groups excluding carboxylic acids is 1. The average molecular weight is 658 g/mol. The minimum atomic E-state index is -1.65. The highest BCUT2D eigenvalue weighted by Crippen LogP contribution is 2.36. The van der Waals surface area contributed by atoms with Gasteiger partial charge in [-0.05, 0) is 25.3 Å². The van der Waals surface area contributed by atoms with Crippen molar-refractivity contribution < 1.29 is 69.7 Å². The Labute approximate surface area is 260 Å². The number of rotatable bonds is 15. The number of ketones is 1. The lowest BCUT2D eigenvalue weighted by Crippen LogP contribution is -2.68. The average Bonchev–Trinajstić information content (AvgIpc) is 3.01. The van der Waals surface area contributed by atoms with Crippen LogP contribution in [0.1, 0.15) is 19.3 Å². The van der Waals surface area contributed by atoms with Gasteiger partial charge in [0, 0.05) is 25.6 Å². The van der Waals surface area contributed by atoms with Crippen LogP contribution in [0.15, 0.2) is 0 Å². The van der Waals surface area contributed by atoms with Gasteiger partial charge in [0.2, 0.25) is 0 Å². The van der Waals surface area contributed by atoms with Gasteiger partial charge in [-0.2, -0.15) is 0 Å². The molecule has 1 aliphatic carbocycles. The van der Waals surface area contributed by atoms with E-state index in [1.54, 1.807) is 0 Å². The number of hydrogen-bond acceptors (Lipinski definition) is 19. The Hall–Kier alpha value is -1.05. The quantitative estimate of drug-likeness (QED) is 0.0777. The number of aliphatic hydroxyl groups is 9. The van der Waals surface area contributed by atoms with E-state index in [2.05, 4.69) is 5.32 Å². The Kier molecular flexibility index (Phi) is 14.8. The molecule has 18 N–H and O–H groups in total. The van der Waals surface area contributed by atoms with E-state index in [1.807, 2.05) is 0 Å². The standard InChI is InChI=1S/C26H51N5O14/c27-2-1-12(35)13(36)4-9-3-11(28)24(22(41)23(9)44-26-21(40)16(29)18(37)15(8-33)43-26)45-25-17(30)20(39)19(38)14(42-25)6-31-5-10(34)7-32/h9-12,14-26,31-35,37-41H,1-8,27-30H2/t9-,10?,11-,12-,14+,15+,16-,17+,18+,19+,20+,21+,22+,23-,24?,25+,26+/m0/s1. The van der Waals surface area contributed by atoms with Crippen molar-refractivity contribution in [2.24, 2.45) is 28.9 Å². The molecule has 3 fully saturated rings. The highest BCUT2D eigenvalue weighted by atomic mass is 16.7. The van der Waals surface area contributed by atoms with E-state index in [9.17, 15) is 45.6 Å². The number of nitrogens with two attached hydrogens (primary N) is 4. The molecule has 45 heavy (non-hydrogen) atoms. The zero-order chi connectivity index (χ0) is 33.6. The van der Waals surface area contributed by atoms with E-state index in [0.29, 0.717) is 0 Å². The highest BCUT2D eigenvalue weighted by molar-refractivity contribution is 5.83. The van der Waals surface area contributed by atoms with Crippen LogP contribution in [0.2, 0.25) is 0 Å². The maximum Gasteiger partial charge on any atom is 0.186 e. The summed E-state index contributed by atoms with van der Waals surface area (Å²) in [5.74, 6) is -1.45. The molecule has 264 valence electrons. The minimum Gasteiger partial charge on any atom is -0.394 e. The molecule has 0 spiro atoms. The van der Waals surface area contributed by atoms with E-state index in [-0.39, 0.29) is 38.9 Å². The molecular formula is C26H51N5O14. The summed E-state index contributed by atoms with van der Waals surface area (Å²) in [6.07, 6.45) is -18.5. The van der Waals surface area contributed by atoms with Crippen molar-refractivity contribution in [3.05, 3.63) is 0 Å². The van der Waals surface area contributed by atoms with Crippen molar-refractivity contribution in [3.8, 4) is 0 Å². The van der Waals surface area contributed by atoms with E-state index >= 15 is 0 Å². The van der Waals surface area contributed by atoms with E-state index in [4.69, 9.17) is 47.0 Å². The fourth-order valence-electron chi connectivity index (χ4n) is 5.86. The molecule has 0 bridgehead atoms. The first-order chi connectivity index (χ1) is 21.2. The third-order valence-electron chi connectivity index (χ3n) is 8.61. The largest absolute Gasteiger partial charge is 0.394 e. The Balaban J connectivity index is 1.82. The van der Waals surface area contributed by atoms with Crippen LogP contribution in [-0.2, 0) is 23.7 Å². The van der Waals surface area contributed by atoms with Gasteiger partial charge in [0.1, 0.15) is 54.9 Å². The van der Waals surface area contributed by atoms with Gasteiger partial charge in [-0.25, -0.2) is 0 Å². The smallest absolute Gasteiger partial charge is 0.186 e. The molecule has 19 nitrogen and oxygen atoms in total. The van der Waals surface area contributed by atoms with Gasteiger partial charge < -0.3 is 93.2 Å². The molecule has 2 unspecified atom stereocenters. The fourth-order valence-corrected chi connectivity index (χ4v) is 5.86. The number of nitrogens with one attached hydrogen (secondary N) is 1. The molecule has 0 aromatic heterocycles. The van der Waals surface area contributed by atoms with Gasteiger partial charge in [0.05, 0.1) is 37.5 Å². The van der Waals surface area contributed by atoms with Crippen molar-refractivity contribution >= 4 is 5.78 Å². The first-order valence-corrected chi connectivity index (χ1v) is 15.1. The Morgan fingerprint density at radius 1 is 0.844 bits per heavy atom. The molecule has 3 rings (SSSR count). The third-order valence-corrected chi connectivity index (χ3v) is 8.61. The van der Waals surface area contributed by atoms with Gasteiger partial charge in [-0.15, -0.1) is 0 Å². The van der Waals surface area contributed by atoms with Crippen molar-refractivity contribution in [2.75, 3.05) is 32.8 Å². The van der Waals surface area contributed by atoms with Crippen molar-refractivity contribution in [1.29, 1.82) is 0 Å². The highest BCUT2D eigenvalue weighted by Gasteiger charge is 2.52. The predicted molar refractivity (Wildman–Crippen MR) is 151 cm³/mol. The monoisotopic (exact) mass is 657 g/mol. The summed E-state index contributed by atoms with van der Waals surface area (Å²) in [5, 5.41) is 94.7. The molecular weight excluding hydrogens is 606 g/mol. The lowest BCUT2D eigenvalue weighted by atomic mass is 9.76. The van der Waals surface area contributed by atoms with E-state index in [0.717, 1.165) is 0 Å². The second-order valence-corrected chi connectivity index (χ2v) is 12.0. The number of Topliss-reactive ketones (excluding diaryl/α,β-unsaturated/α-hetero) is 1. The summed E-state index contributed by atoms with van der Waals surface area (Å²) in [7, 11) is 0. The van der Waals surface area contributed by atoms with Crippen LogP contribution in [-0.4, -0.2) is 182 Å². The Bertz CT molecular complexity index is 912. The molecule has 0 aromatic carbocycles. The molecule has 2 saturated heterocycles. The zero-order valence-electron chi connectivity index (χ0n) is 24.8. The lowest BCUT2D eigenvalue weighted by Gasteiger charge is -2.49. The van der Waals surface area contributed by atoms with Gasteiger partial charge in [0.25, 0.3) is 0 Å². The molecule has 2 heterocycles. The van der Waals surface area contributed by atoms with Crippen LogP contribution in [0.5, 0.6) is 0 Å². The van der Waals surface area contributed by atoms with Gasteiger partial charge in [0.15, 0.2) is 18.4 Å². The van der Waals surface area contributed by atoms with Crippen LogP contribution >= 0.6 is 0 Å². The number of hydrogen-bond donors (Lipinski definition) is 14. The second kappa shape index (κ2) is 17.4. The number of aliphatic hydroxyl groups excluding tert-OH is 9. The topological polar surface area (TPSA) is 352 Å². The summed E-state index contributed by atoms with van der Waals surface area (Å²) < 4.78 is 23.3. The van der Waals surface area contributed by atoms with Gasteiger partial charge in [-0.3, -0.25) is 4.79 Å². The van der Waals surface area contributed by atoms with Crippen molar-refractivity contribution in [1.82, 2.24) is 5.32 Å². The van der Waals surface area contributed by atoms with Crippen LogP contribution in [0.3, 0.4) is 0 Å². The molecule has 17 atom stereocenters. The first-order valence-electron chi connectivity index (χ1n) is 15.1. The second-order valence-electron chi connectivity index (χ2n) is 12.0. The molecule has 1 saturated carbocycles. The van der Waals surface area contributed by atoms with Crippen molar-refractivity contribution in [2.45, 2.75) is 117 Å². The first kappa shape index (κ1) is 38.4. The molecule has 2 aliphatic heterocycles. The van der Waals surface area contributed by atoms with Crippen LogP contribution in [0.4, 0.5) is 0 Å². The molecule has 0 aromatic rings. The summed E-state index contributed by atoms with van der Waals surface area (Å²) in [6.45, 7) is -1.26. The van der Waals surface area contributed by atoms with E-state index < -0.39 is 123 Å². The summed E-state index contributed by atoms with van der Waals surface area (Å²) >= 11 is 0. The number of carbonyl (C=O) groups is 1. The molecule has 3 aliphatic rings. The number of ether oxygens (including phenoxy) is 4. The molecule has 19 heteroatoms. The normalized spacial score (nSPS) is 44.0. The Morgan fingerprint density at radius 3 is 2.11 bits per heavy atom. The van der Waals surface area contributed by atoms with Gasteiger partial charge in [-0.1, -0.05) is 0 Å². The van der Waals surface area contributed by atoms with Crippen LogP contribution in [0.25, 0.3) is 0 Å². The fraction of sp³-hybridized carbons (Fsp3) is 0.962. The van der Waals surface area contributed by atoms with Gasteiger partial charge >= 0.3 is 0 Å². The summed E-state index contributed by atoms with van der Waals surface area (Å²) in [4.78, 5) is 12.8. The molecule has 0 amide bonds. The summed E-state index contributed by atoms with van der Waals surface area (Å²) in [5.41, 5.74) is 23.9. The zero-order valence-corrected chi connectivity index (χ0v) is 24.8.